The number of hydrogen-bond donors (Lipinski definition) is 1. The highest BCUT2D eigenvalue weighted by Gasteiger charge is 2.20. The Morgan fingerprint density at radius 2 is 2.05 bits per heavy atom. The molecule has 1 N–H and O–H groups in total. The number of nitrogens with zero attached hydrogens (tertiary/aromatic N) is 2. The van der Waals surface area contributed by atoms with E-state index in [2.05, 4.69) is 15.3 Å². The Balaban J connectivity index is 1.76. The molecule has 1 saturated carbocycles. The molecule has 1 amide bonds. The van der Waals surface area contributed by atoms with E-state index in [-0.39, 0.29) is 5.91 Å². The Labute approximate surface area is 134 Å². The molecular formula is C17H19N3OS. The molecule has 0 unspecified atom stereocenters. The molecule has 1 aliphatic carbocycles. The Bertz CT molecular complexity index is 668. The van der Waals surface area contributed by atoms with Crippen molar-refractivity contribution in [2.24, 2.45) is 0 Å². The van der Waals surface area contributed by atoms with Gasteiger partial charge in [0.05, 0.1) is 5.56 Å². The van der Waals surface area contributed by atoms with Crippen LogP contribution >= 0.6 is 11.8 Å². The maximum atomic E-state index is 12.5. The van der Waals surface area contributed by atoms with Gasteiger partial charge in [0.2, 0.25) is 0 Å². The zero-order valence-corrected chi connectivity index (χ0v) is 13.4. The number of nitrogens with one attached hydrogen (secondary N) is 1. The highest BCUT2D eigenvalue weighted by Crippen LogP contribution is 2.35. The summed E-state index contributed by atoms with van der Waals surface area (Å²) in [6.45, 7) is 1.97. The molecule has 5 heteroatoms. The van der Waals surface area contributed by atoms with E-state index in [0.717, 1.165) is 10.6 Å². The molecular weight excluding hydrogens is 294 g/mol. The lowest BCUT2D eigenvalue weighted by Crippen LogP contribution is -2.15. The number of aryl methyl sites for hydroxylation is 1. The minimum atomic E-state index is -0.147. The van der Waals surface area contributed by atoms with Gasteiger partial charge >= 0.3 is 0 Å². The first-order valence-corrected chi connectivity index (χ1v) is 8.46. The van der Waals surface area contributed by atoms with Crippen LogP contribution in [0.4, 0.5) is 5.82 Å². The van der Waals surface area contributed by atoms with Crippen molar-refractivity contribution in [1.29, 1.82) is 0 Å². The second-order valence-electron chi connectivity index (χ2n) is 5.55. The minimum absolute atomic E-state index is 0.147. The standard InChI is InChI=1S/C17H19N3OS/c1-12-8-10-18-15(11-12)20-16(21)14-7-4-9-19-17(14)22-13-5-2-3-6-13/h4,7-11,13H,2-3,5-6H2,1H3,(H,18,20,21). The summed E-state index contributed by atoms with van der Waals surface area (Å²) in [5.41, 5.74) is 1.69. The topological polar surface area (TPSA) is 54.9 Å². The van der Waals surface area contributed by atoms with Crippen LogP contribution in [0, 0.1) is 6.92 Å². The predicted molar refractivity (Wildman–Crippen MR) is 89.3 cm³/mol. The number of amides is 1. The first-order chi connectivity index (χ1) is 10.7. The van der Waals surface area contributed by atoms with E-state index >= 15 is 0 Å². The summed E-state index contributed by atoms with van der Waals surface area (Å²) in [4.78, 5) is 21.1. The minimum Gasteiger partial charge on any atom is -0.306 e. The van der Waals surface area contributed by atoms with E-state index in [4.69, 9.17) is 0 Å². The molecule has 1 aliphatic rings. The third kappa shape index (κ3) is 3.65. The van der Waals surface area contributed by atoms with Crippen LogP contribution in [0.25, 0.3) is 0 Å². The molecule has 22 heavy (non-hydrogen) atoms. The normalized spacial score (nSPS) is 15.0. The molecule has 0 aliphatic heterocycles. The molecule has 0 bridgehead atoms. The van der Waals surface area contributed by atoms with Crippen molar-refractivity contribution in [2.75, 3.05) is 5.32 Å². The second kappa shape index (κ2) is 6.92. The van der Waals surface area contributed by atoms with Gasteiger partial charge in [-0.1, -0.05) is 12.8 Å². The lowest BCUT2D eigenvalue weighted by Gasteiger charge is -2.12. The SMILES string of the molecule is Cc1ccnc(NC(=O)c2cccnc2SC2CCCC2)c1. The van der Waals surface area contributed by atoms with Gasteiger partial charge in [-0.25, -0.2) is 9.97 Å². The summed E-state index contributed by atoms with van der Waals surface area (Å²) in [7, 11) is 0. The van der Waals surface area contributed by atoms with Crippen LogP contribution in [0.3, 0.4) is 0 Å². The Kier molecular flexibility index (Phi) is 4.73. The number of carbonyl (C=O) groups is 1. The summed E-state index contributed by atoms with van der Waals surface area (Å²) in [5, 5.41) is 4.26. The summed E-state index contributed by atoms with van der Waals surface area (Å²) in [6, 6.07) is 7.39. The fourth-order valence-corrected chi connectivity index (χ4v) is 3.90. The first kappa shape index (κ1) is 15.0. The lowest BCUT2D eigenvalue weighted by atomic mass is 10.2. The van der Waals surface area contributed by atoms with E-state index in [0.29, 0.717) is 16.6 Å². The molecule has 2 heterocycles. The fraction of sp³-hybridized carbons (Fsp3) is 0.353. The van der Waals surface area contributed by atoms with Gasteiger partial charge in [0, 0.05) is 17.6 Å². The van der Waals surface area contributed by atoms with Crippen molar-refractivity contribution >= 4 is 23.5 Å². The Morgan fingerprint density at radius 3 is 2.82 bits per heavy atom. The second-order valence-corrected chi connectivity index (χ2v) is 6.84. The summed E-state index contributed by atoms with van der Waals surface area (Å²) in [5.74, 6) is 0.428. The fourth-order valence-electron chi connectivity index (χ4n) is 2.61. The van der Waals surface area contributed by atoms with E-state index in [9.17, 15) is 4.79 Å². The van der Waals surface area contributed by atoms with Crippen LogP contribution in [-0.4, -0.2) is 21.1 Å². The van der Waals surface area contributed by atoms with Crippen molar-refractivity contribution < 1.29 is 4.79 Å². The average Bonchev–Trinajstić information content (AvgIpc) is 3.01. The van der Waals surface area contributed by atoms with Crippen molar-refractivity contribution in [3.63, 3.8) is 0 Å². The van der Waals surface area contributed by atoms with Crippen LogP contribution in [0.1, 0.15) is 41.6 Å². The van der Waals surface area contributed by atoms with E-state index in [1.807, 2.05) is 25.1 Å². The maximum absolute atomic E-state index is 12.5. The zero-order valence-electron chi connectivity index (χ0n) is 12.6. The molecule has 0 spiro atoms. The summed E-state index contributed by atoms with van der Waals surface area (Å²) < 4.78 is 0. The third-order valence-electron chi connectivity index (χ3n) is 3.75. The molecule has 0 radical (unpaired) electrons. The van der Waals surface area contributed by atoms with Gasteiger partial charge in [-0.3, -0.25) is 4.79 Å². The van der Waals surface area contributed by atoms with Crippen molar-refractivity contribution in [2.45, 2.75) is 42.9 Å². The molecule has 0 atom stereocenters. The first-order valence-electron chi connectivity index (χ1n) is 7.58. The predicted octanol–water partition coefficient (Wildman–Crippen LogP) is 4.07. The van der Waals surface area contributed by atoms with Crippen molar-refractivity contribution in [3.05, 3.63) is 47.8 Å². The van der Waals surface area contributed by atoms with Gasteiger partial charge in [0.15, 0.2) is 0 Å². The average molecular weight is 313 g/mol. The van der Waals surface area contributed by atoms with Gasteiger partial charge in [-0.15, -0.1) is 11.8 Å². The van der Waals surface area contributed by atoms with Gasteiger partial charge < -0.3 is 5.32 Å². The number of aromatic nitrogens is 2. The quantitative estimate of drug-likeness (QED) is 0.924. The van der Waals surface area contributed by atoms with Crippen LogP contribution in [0.5, 0.6) is 0 Å². The van der Waals surface area contributed by atoms with Gasteiger partial charge in [0.25, 0.3) is 5.91 Å². The molecule has 0 saturated heterocycles. The molecule has 3 rings (SSSR count). The number of thioether (sulfide) groups is 1. The Hall–Kier alpha value is -1.88. The van der Waals surface area contributed by atoms with Gasteiger partial charge in [-0.2, -0.15) is 0 Å². The Morgan fingerprint density at radius 1 is 1.23 bits per heavy atom. The molecule has 1 fully saturated rings. The van der Waals surface area contributed by atoms with Gasteiger partial charge in [-0.05, 0) is 49.6 Å². The number of anilines is 1. The van der Waals surface area contributed by atoms with Crippen LogP contribution in [0.15, 0.2) is 41.7 Å². The molecule has 4 nitrogen and oxygen atoms in total. The molecule has 114 valence electrons. The number of hydrogen-bond acceptors (Lipinski definition) is 4. The van der Waals surface area contributed by atoms with Crippen LogP contribution in [0.2, 0.25) is 0 Å². The maximum Gasteiger partial charge on any atom is 0.259 e. The van der Waals surface area contributed by atoms with E-state index in [1.165, 1.54) is 25.7 Å². The molecule has 2 aromatic heterocycles. The number of rotatable bonds is 4. The van der Waals surface area contributed by atoms with Crippen LogP contribution < -0.4 is 5.32 Å². The van der Waals surface area contributed by atoms with Crippen molar-refractivity contribution in [1.82, 2.24) is 9.97 Å². The van der Waals surface area contributed by atoms with Crippen LogP contribution in [-0.2, 0) is 0 Å². The monoisotopic (exact) mass is 313 g/mol. The van der Waals surface area contributed by atoms with Crippen molar-refractivity contribution in [3.8, 4) is 0 Å². The van der Waals surface area contributed by atoms with E-state index < -0.39 is 0 Å². The molecule has 0 aromatic carbocycles. The lowest BCUT2D eigenvalue weighted by molar-refractivity contribution is 0.102. The third-order valence-corrected chi connectivity index (χ3v) is 5.11. The largest absolute Gasteiger partial charge is 0.306 e. The number of carbonyl (C=O) groups excluding carboxylic acids is 1. The highest BCUT2D eigenvalue weighted by molar-refractivity contribution is 7.99. The van der Waals surface area contributed by atoms with Gasteiger partial charge in [0.1, 0.15) is 10.8 Å². The summed E-state index contributed by atoms with van der Waals surface area (Å²) in [6.07, 6.45) is 8.42. The highest BCUT2D eigenvalue weighted by atomic mass is 32.2. The van der Waals surface area contributed by atoms with E-state index in [1.54, 1.807) is 30.2 Å². The molecule has 2 aromatic rings. The summed E-state index contributed by atoms with van der Waals surface area (Å²) >= 11 is 1.73. The smallest absolute Gasteiger partial charge is 0.259 e. The zero-order chi connectivity index (χ0) is 15.4. The number of pyridine rings is 2.